The monoisotopic (exact) mass is 216 g/mol. The second kappa shape index (κ2) is 3.48. The highest BCUT2D eigenvalue weighted by Crippen LogP contribution is 2.47. The molecule has 0 fully saturated rings. The predicted molar refractivity (Wildman–Crippen MR) is 61.1 cm³/mol. The van der Waals surface area contributed by atoms with Gasteiger partial charge < -0.3 is 4.90 Å². The summed E-state index contributed by atoms with van der Waals surface area (Å²) in [6, 6.07) is 2.35. The minimum atomic E-state index is -0.604. The van der Waals surface area contributed by atoms with E-state index in [1.54, 1.807) is 18.1 Å². The molecule has 0 N–H and O–H groups in total. The van der Waals surface area contributed by atoms with E-state index in [-0.39, 0.29) is 11.8 Å². The largest absolute Gasteiger partial charge is 0.322 e. The van der Waals surface area contributed by atoms with Crippen molar-refractivity contribution in [1.82, 2.24) is 4.90 Å². The molecule has 3 heteroatoms. The molecule has 1 heterocycles. The van der Waals surface area contributed by atoms with Gasteiger partial charge in [-0.2, -0.15) is 5.26 Å². The summed E-state index contributed by atoms with van der Waals surface area (Å²) in [7, 11) is 1.75. The summed E-state index contributed by atoms with van der Waals surface area (Å²) in [5.41, 5.74) is 1.90. The molecule has 16 heavy (non-hydrogen) atoms. The zero-order valence-electron chi connectivity index (χ0n) is 9.95. The van der Waals surface area contributed by atoms with E-state index < -0.39 is 5.41 Å². The lowest BCUT2D eigenvalue weighted by atomic mass is 9.64. The molecule has 0 saturated heterocycles. The SMILES string of the molecule is CC1=C(C)C[C@]2(C#N)C=CN(C)C(=O)[C@@H]2C1. The normalized spacial score (nSPS) is 33.8. The van der Waals surface area contributed by atoms with E-state index in [0.717, 1.165) is 0 Å². The highest BCUT2D eigenvalue weighted by Gasteiger charge is 2.47. The van der Waals surface area contributed by atoms with Crippen molar-refractivity contribution in [3.8, 4) is 6.07 Å². The van der Waals surface area contributed by atoms with Crippen LogP contribution in [0.25, 0.3) is 0 Å². The van der Waals surface area contributed by atoms with Gasteiger partial charge in [0.1, 0.15) is 0 Å². The van der Waals surface area contributed by atoms with Crippen LogP contribution in [0.3, 0.4) is 0 Å². The molecule has 0 aromatic heterocycles. The first-order chi connectivity index (χ1) is 7.50. The fourth-order valence-corrected chi connectivity index (χ4v) is 2.58. The summed E-state index contributed by atoms with van der Waals surface area (Å²) in [6.45, 7) is 4.11. The Bertz CT molecular complexity index is 441. The van der Waals surface area contributed by atoms with Gasteiger partial charge in [0.2, 0.25) is 5.91 Å². The lowest BCUT2D eigenvalue weighted by Crippen LogP contribution is -2.45. The number of fused-ring (bicyclic) bond motifs is 1. The molecule has 1 amide bonds. The summed E-state index contributed by atoms with van der Waals surface area (Å²) in [5.74, 6) is -0.132. The second-order valence-corrected chi connectivity index (χ2v) is 4.91. The Morgan fingerprint density at radius 1 is 1.50 bits per heavy atom. The maximum absolute atomic E-state index is 12.1. The quantitative estimate of drug-likeness (QED) is 0.583. The van der Waals surface area contributed by atoms with Gasteiger partial charge in [-0.15, -0.1) is 0 Å². The van der Waals surface area contributed by atoms with Crippen molar-refractivity contribution in [3.05, 3.63) is 23.4 Å². The molecule has 3 nitrogen and oxygen atoms in total. The average molecular weight is 216 g/mol. The van der Waals surface area contributed by atoms with Crippen LogP contribution in [0.1, 0.15) is 26.7 Å². The smallest absolute Gasteiger partial charge is 0.231 e. The zero-order chi connectivity index (χ0) is 11.9. The van der Waals surface area contributed by atoms with Gasteiger partial charge >= 0.3 is 0 Å². The number of carbonyl (C=O) groups excluding carboxylic acids is 1. The Hall–Kier alpha value is -1.56. The molecular weight excluding hydrogens is 200 g/mol. The number of carbonyl (C=O) groups is 1. The first-order valence-electron chi connectivity index (χ1n) is 5.53. The molecule has 0 unspecified atom stereocenters. The minimum absolute atomic E-state index is 0.0656. The molecular formula is C13H16N2O. The summed E-state index contributed by atoms with van der Waals surface area (Å²) in [5, 5.41) is 9.39. The Labute approximate surface area is 96.0 Å². The van der Waals surface area contributed by atoms with Crippen molar-refractivity contribution in [2.24, 2.45) is 11.3 Å². The summed E-state index contributed by atoms with van der Waals surface area (Å²) < 4.78 is 0. The third kappa shape index (κ3) is 1.37. The molecule has 0 radical (unpaired) electrons. The van der Waals surface area contributed by atoms with Crippen LogP contribution in [0.2, 0.25) is 0 Å². The van der Waals surface area contributed by atoms with Crippen LogP contribution in [-0.4, -0.2) is 17.9 Å². The van der Waals surface area contributed by atoms with E-state index in [9.17, 15) is 10.1 Å². The zero-order valence-corrected chi connectivity index (χ0v) is 9.95. The van der Waals surface area contributed by atoms with Crippen LogP contribution in [-0.2, 0) is 4.79 Å². The van der Waals surface area contributed by atoms with Gasteiger partial charge in [0.15, 0.2) is 0 Å². The third-order valence-electron chi connectivity index (χ3n) is 3.87. The summed E-state index contributed by atoms with van der Waals surface area (Å²) >= 11 is 0. The maximum atomic E-state index is 12.1. The van der Waals surface area contributed by atoms with Gasteiger partial charge in [-0.25, -0.2) is 0 Å². The van der Waals surface area contributed by atoms with Crippen LogP contribution < -0.4 is 0 Å². The first-order valence-corrected chi connectivity index (χ1v) is 5.53. The Kier molecular flexibility index (Phi) is 2.38. The number of hydrogen-bond donors (Lipinski definition) is 0. The molecule has 84 valence electrons. The molecule has 1 aliphatic carbocycles. The predicted octanol–water partition coefficient (Wildman–Crippen LogP) is 2.23. The van der Waals surface area contributed by atoms with Crippen LogP contribution in [0.4, 0.5) is 0 Å². The lowest BCUT2D eigenvalue weighted by Gasteiger charge is -2.41. The molecule has 2 atom stereocenters. The summed E-state index contributed by atoms with van der Waals surface area (Å²) in [6.07, 6.45) is 5.04. The standard InChI is InChI=1S/C13H16N2O/c1-9-6-11-12(16)15(3)5-4-13(11,8-14)7-10(9)2/h4-5,11H,6-7H2,1-3H3/t11-,13-/m0/s1. The van der Waals surface area contributed by atoms with Crippen molar-refractivity contribution in [3.63, 3.8) is 0 Å². The fraction of sp³-hybridized carbons (Fsp3) is 0.538. The molecule has 2 rings (SSSR count). The van der Waals surface area contributed by atoms with Gasteiger partial charge in [0, 0.05) is 13.2 Å². The van der Waals surface area contributed by atoms with E-state index in [1.807, 2.05) is 6.08 Å². The lowest BCUT2D eigenvalue weighted by molar-refractivity contribution is -0.135. The number of hydrogen-bond acceptors (Lipinski definition) is 2. The van der Waals surface area contributed by atoms with Crippen LogP contribution in [0.15, 0.2) is 23.4 Å². The van der Waals surface area contributed by atoms with Crippen molar-refractivity contribution in [1.29, 1.82) is 5.26 Å². The number of nitrogens with zero attached hydrogens (tertiary/aromatic N) is 2. The number of amides is 1. The van der Waals surface area contributed by atoms with E-state index in [1.165, 1.54) is 11.1 Å². The van der Waals surface area contributed by atoms with E-state index in [2.05, 4.69) is 19.9 Å². The van der Waals surface area contributed by atoms with Crippen LogP contribution in [0, 0.1) is 22.7 Å². The van der Waals surface area contributed by atoms with Gasteiger partial charge in [-0.1, -0.05) is 11.1 Å². The van der Waals surface area contributed by atoms with E-state index in [4.69, 9.17) is 0 Å². The van der Waals surface area contributed by atoms with Gasteiger partial charge in [-0.05, 0) is 32.8 Å². The van der Waals surface area contributed by atoms with E-state index in [0.29, 0.717) is 12.8 Å². The third-order valence-corrected chi connectivity index (χ3v) is 3.87. The number of allylic oxidation sites excluding steroid dienone is 3. The van der Waals surface area contributed by atoms with Crippen LogP contribution in [0.5, 0.6) is 0 Å². The van der Waals surface area contributed by atoms with Crippen molar-refractivity contribution < 1.29 is 4.79 Å². The average Bonchev–Trinajstić information content (AvgIpc) is 2.27. The topological polar surface area (TPSA) is 44.1 Å². The fourth-order valence-electron chi connectivity index (χ4n) is 2.58. The number of rotatable bonds is 0. The molecule has 0 bridgehead atoms. The second-order valence-electron chi connectivity index (χ2n) is 4.91. The van der Waals surface area contributed by atoms with Gasteiger partial charge in [0.05, 0.1) is 17.4 Å². The Balaban J connectivity index is 2.50. The molecule has 0 spiro atoms. The highest BCUT2D eigenvalue weighted by molar-refractivity contribution is 5.83. The molecule has 2 aliphatic rings. The summed E-state index contributed by atoms with van der Waals surface area (Å²) in [4.78, 5) is 13.7. The molecule has 0 aromatic carbocycles. The first kappa shape index (κ1) is 10.9. The maximum Gasteiger partial charge on any atom is 0.231 e. The highest BCUT2D eigenvalue weighted by atomic mass is 16.2. The van der Waals surface area contributed by atoms with Crippen molar-refractivity contribution in [2.75, 3.05) is 7.05 Å². The Morgan fingerprint density at radius 2 is 2.19 bits per heavy atom. The molecule has 0 saturated carbocycles. The minimum Gasteiger partial charge on any atom is -0.322 e. The van der Waals surface area contributed by atoms with Gasteiger partial charge in [0.25, 0.3) is 0 Å². The van der Waals surface area contributed by atoms with Crippen LogP contribution >= 0.6 is 0 Å². The molecule has 1 aliphatic heterocycles. The van der Waals surface area contributed by atoms with Crippen molar-refractivity contribution in [2.45, 2.75) is 26.7 Å². The van der Waals surface area contributed by atoms with Gasteiger partial charge in [-0.3, -0.25) is 4.79 Å². The number of nitriles is 1. The van der Waals surface area contributed by atoms with E-state index >= 15 is 0 Å². The van der Waals surface area contributed by atoms with Crippen molar-refractivity contribution >= 4 is 5.91 Å². The Morgan fingerprint density at radius 3 is 2.81 bits per heavy atom. The molecule has 0 aromatic rings.